The molecule has 0 aliphatic carbocycles. The van der Waals surface area contributed by atoms with Gasteiger partial charge in [-0.3, -0.25) is 14.4 Å². The molecule has 0 spiro atoms. The summed E-state index contributed by atoms with van der Waals surface area (Å²) in [4.78, 5) is 43.1. The highest BCUT2D eigenvalue weighted by Crippen LogP contribution is 2.43. The van der Waals surface area contributed by atoms with E-state index in [0.717, 1.165) is 60.4 Å². The number of nitrogens with one attached hydrogen (secondary N) is 1. The summed E-state index contributed by atoms with van der Waals surface area (Å²) >= 11 is 0. The number of ether oxygens (including phenoxy) is 19. The summed E-state index contributed by atoms with van der Waals surface area (Å²) in [6.45, 7) is 14.1. The lowest BCUT2D eigenvalue weighted by Gasteiger charge is -2.51. The first-order chi connectivity index (χ1) is 67.0. The third-order valence-corrected chi connectivity index (χ3v) is 29.4. The maximum atomic E-state index is 14.6. The van der Waals surface area contributed by atoms with Crippen LogP contribution < -0.4 is 15.7 Å². The van der Waals surface area contributed by atoms with E-state index in [0.29, 0.717) is 0 Å². The second-order valence-electron chi connectivity index (χ2n) is 35.5. The van der Waals surface area contributed by atoms with Gasteiger partial charge in [-0.2, -0.15) is 0 Å². The second kappa shape index (κ2) is 51.1. The summed E-state index contributed by atoms with van der Waals surface area (Å²) in [6.07, 6.45) is -23.3. The van der Waals surface area contributed by atoms with Crippen LogP contribution in [0.25, 0.3) is 0 Å². The smallest absolute Gasteiger partial charge is 0.303 e. The quantitative estimate of drug-likeness (QED) is 0.0211. The normalized spacial score (nSPS) is 25.1. The Morgan fingerprint density at radius 2 is 0.569 bits per heavy atom. The first-order valence-corrected chi connectivity index (χ1v) is 48.9. The Bertz CT molecular complexity index is 5330. The van der Waals surface area contributed by atoms with E-state index in [1.165, 1.54) is 20.8 Å². The third kappa shape index (κ3) is 28.0. The summed E-state index contributed by atoms with van der Waals surface area (Å²) in [5.41, 5.74) is 7.45. The van der Waals surface area contributed by atoms with Gasteiger partial charge in [0.15, 0.2) is 37.4 Å². The minimum absolute atomic E-state index is 0.00522. The van der Waals surface area contributed by atoms with Crippen LogP contribution >= 0.6 is 0 Å². The van der Waals surface area contributed by atoms with Crippen LogP contribution in [0, 0.1) is 0 Å². The lowest BCUT2D eigenvalue weighted by Crippen LogP contribution is -2.69. The molecule has 0 unspecified atom stereocenters. The highest BCUT2D eigenvalue weighted by Gasteiger charge is 2.60. The van der Waals surface area contributed by atoms with E-state index in [-0.39, 0.29) is 85.9 Å². The third-order valence-electron chi connectivity index (χ3n) is 24.4. The summed E-state index contributed by atoms with van der Waals surface area (Å²) < 4.78 is 146. The monoisotopic (exact) mass is 1880 g/mol. The van der Waals surface area contributed by atoms with Crippen molar-refractivity contribution in [3.63, 3.8) is 0 Å². The van der Waals surface area contributed by atoms with Crippen molar-refractivity contribution in [1.82, 2.24) is 5.32 Å². The zero-order valence-electron chi connectivity index (χ0n) is 78.4. The highest BCUT2D eigenvalue weighted by atomic mass is 28.4. The van der Waals surface area contributed by atoms with E-state index in [1.54, 1.807) is 6.08 Å². The van der Waals surface area contributed by atoms with Crippen molar-refractivity contribution in [3.05, 3.63) is 396 Å². The SMILES string of the molecule is C=CCO[C@H]1O[C@H](CO[C@H]2O[C@H](COCc3ccccc3)[C@@H](OCc3ccccc3)[C@H](OCc3ccccc3)[C@@H]2O[C@H]2O[C@H](CO[Si](c3ccccc3)(c3ccccc3)C(C)(C)C)[C@@H](OCc3ccccc3)[C@H](OCc3ccccc3)[C@@H]2OC(C)=O)[C@@H](O[C@@H]2O[C@H](COCc3ccccc3)[C@H](OCc3ccccc3)[C@H](OCc3ccccc3)[C@H]2NC(C)=O)[C@H](OCc2ccccc2)[C@@H]1OC(C)=O. The zero-order valence-corrected chi connectivity index (χ0v) is 79.4. The molecule has 0 radical (unpaired) electrons. The van der Waals surface area contributed by atoms with Crippen molar-refractivity contribution >= 4 is 36.5 Å². The molecule has 20 atom stereocenters. The topological polar surface area (TPSA) is 248 Å². The molecule has 137 heavy (non-hydrogen) atoms. The van der Waals surface area contributed by atoms with Crippen molar-refractivity contribution in [1.29, 1.82) is 0 Å². The van der Waals surface area contributed by atoms with E-state index < -0.39 is 161 Å². The van der Waals surface area contributed by atoms with Gasteiger partial charge in [0.2, 0.25) is 5.91 Å². The average Bonchev–Trinajstić information content (AvgIpc) is 0.665. The number of hydrogen-bond acceptors (Lipinski definition) is 23. The molecule has 4 saturated heterocycles. The van der Waals surface area contributed by atoms with Crippen molar-refractivity contribution in [2.45, 2.75) is 229 Å². The molecular weight excluding hydrogens is 1760 g/mol. The van der Waals surface area contributed by atoms with Crippen LogP contribution in [0.5, 0.6) is 0 Å². The molecule has 4 fully saturated rings. The Morgan fingerprint density at radius 3 is 0.912 bits per heavy atom. The van der Waals surface area contributed by atoms with E-state index >= 15 is 0 Å². The van der Waals surface area contributed by atoms with Gasteiger partial charge < -0.3 is 99.7 Å². The van der Waals surface area contributed by atoms with Gasteiger partial charge in [-0.05, 0) is 65.5 Å². The molecule has 4 aliphatic heterocycles. The van der Waals surface area contributed by atoms with Gasteiger partial charge in [0, 0.05) is 20.8 Å². The molecular formula is C112H125NO23Si. The van der Waals surface area contributed by atoms with Gasteiger partial charge in [-0.15, -0.1) is 6.58 Å². The minimum atomic E-state index is -3.48. The number of esters is 2. The van der Waals surface area contributed by atoms with Crippen molar-refractivity contribution in [2.24, 2.45) is 0 Å². The van der Waals surface area contributed by atoms with Gasteiger partial charge >= 0.3 is 11.9 Å². The zero-order chi connectivity index (χ0) is 95.0. The van der Waals surface area contributed by atoms with Crippen LogP contribution in [0.2, 0.25) is 5.04 Å². The minimum Gasteiger partial charge on any atom is -0.454 e. The molecule has 25 heteroatoms. The van der Waals surface area contributed by atoms with Gasteiger partial charge in [-0.1, -0.05) is 360 Å². The van der Waals surface area contributed by atoms with Crippen molar-refractivity contribution in [3.8, 4) is 0 Å². The Kier molecular flexibility index (Phi) is 37.5. The van der Waals surface area contributed by atoms with Crippen molar-refractivity contribution in [2.75, 3.05) is 33.0 Å². The molecule has 0 aromatic heterocycles. The number of carbonyl (C=O) groups is 3. The summed E-state index contributed by atoms with van der Waals surface area (Å²) in [7, 11) is -3.48. The number of carbonyl (C=O) groups excluding carboxylic acids is 3. The summed E-state index contributed by atoms with van der Waals surface area (Å²) in [5, 5.41) is 4.68. The standard InChI is InChI=1S/C112H125NO23Si/c1-8-64-119-109-105(129-79(3)115)104(126-73-89-58-36-17-37-59-89)100(135-108-96(113-78(2)114)101(123-70-86-52-30-14-31-53-86)97(120-67-83-46-24-11-25-47-83)92(131-108)74-117-65-81-42-20-9-21-43-81)94(133-109)76-127-110-106(102(124-71-87-54-32-15-33-55-87)98(121-68-84-48-26-12-27-49-84)93(132-110)75-118-66-82-44-22-10-23-45-82)136-111-107(130-80(4)116)103(125-72-88-56-34-16-35-57-88)99(122-69-85-50-28-13-29-51-85)95(134-111)77-128-137(112(5,6)7,90-60-38-18-39-61-90)91-62-40-19-41-63-91/h8-63,92-111H,1,64-77H2,2-7H3,(H,113,114)/t92-,93-,94-,95-,96-,97+,98-,99-,100-,101-,102+,103+,104+,105+,106+,107+,108+,109+,110+,111-/m1/s1. The molecule has 4 heterocycles. The fourth-order valence-electron chi connectivity index (χ4n) is 18.0. The number of benzene rings is 11. The molecule has 1 N–H and O–H groups in total. The lowest BCUT2D eigenvalue weighted by atomic mass is 9.94. The van der Waals surface area contributed by atoms with Crippen LogP contribution in [-0.4, -0.2) is 182 Å². The molecule has 11 aromatic rings. The van der Waals surface area contributed by atoms with Crippen LogP contribution in [-0.2, 0) is 168 Å². The molecule has 720 valence electrons. The number of rotatable bonds is 47. The van der Waals surface area contributed by atoms with Gasteiger partial charge in [-0.25, -0.2) is 0 Å². The van der Waals surface area contributed by atoms with Crippen LogP contribution in [0.1, 0.15) is 91.6 Å². The van der Waals surface area contributed by atoms with Gasteiger partial charge in [0.1, 0.15) is 85.4 Å². The fraction of sp³-hybridized carbons (Fsp3) is 0.366. The Balaban J connectivity index is 0.895. The summed E-state index contributed by atoms with van der Waals surface area (Å²) in [6, 6.07) is 107. The predicted octanol–water partition coefficient (Wildman–Crippen LogP) is 16.4. The van der Waals surface area contributed by atoms with E-state index in [1.807, 2.05) is 309 Å². The Hall–Kier alpha value is -10.9. The maximum Gasteiger partial charge on any atom is 0.303 e. The summed E-state index contributed by atoms with van der Waals surface area (Å²) in [5.74, 6) is -1.87. The largest absolute Gasteiger partial charge is 0.454 e. The second-order valence-corrected chi connectivity index (χ2v) is 39.8. The van der Waals surface area contributed by atoms with E-state index in [9.17, 15) is 14.4 Å². The molecule has 0 saturated carbocycles. The van der Waals surface area contributed by atoms with Gasteiger partial charge in [0.05, 0.1) is 92.5 Å². The molecule has 1 amide bonds. The van der Waals surface area contributed by atoms with E-state index in [4.69, 9.17) is 94.4 Å². The molecule has 4 aliphatic rings. The number of amides is 1. The predicted molar refractivity (Wildman–Crippen MR) is 516 cm³/mol. The molecule has 15 rings (SSSR count). The highest BCUT2D eigenvalue weighted by molar-refractivity contribution is 6.99. The van der Waals surface area contributed by atoms with Gasteiger partial charge in [0.25, 0.3) is 8.32 Å². The molecule has 11 aromatic carbocycles. The maximum absolute atomic E-state index is 14.6. The van der Waals surface area contributed by atoms with Crippen LogP contribution in [0.3, 0.4) is 0 Å². The van der Waals surface area contributed by atoms with Crippen LogP contribution in [0.4, 0.5) is 0 Å². The molecule has 0 bridgehead atoms. The Labute approximate surface area is 804 Å². The first kappa shape index (κ1) is 101. The van der Waals surface area contributed by atoms with Crippen LogP contribution in [0.15, 0.2) is 346 Å². The first-order valence-electron chi connectivity index (χ1n) is 47.0. The molecule has 24 nitrogen and oxygen atoms in total. The number of hydrogen-bond donors (Lipinski definition) is 1. The average molecular weight is 1880 g/mol. The lowest BCUT2D eigenvalue weighted by molar-refractivity contribution is -0.387. The van der Waals surface area contributed by atoms with E-state index in [2.05, 4.69) is 56.9 Å². The van der Waals surface area contributed by atoms with Crippen molar-refractivity contribution < 1.29 is 109 Å². The fourth-order valence-corrected chi connectivity index (χ4v) is 22.6. The Morgan fingerprint density at radius 1 is 0.299 bits per heavy atom.